The number of amides is 1. The molecule has 132 valence electrons. The summed E-state index contributed by atoms with van der Waals surface area (Å²) in [4.78, 5) is 27.9. The van der Waals surface area contributed by atoms with E-state index in [0.29, 0.717) is 16.7 Å². The van der Waals surface area contributed by atoms with E-state index in [0.717, 1.165) is 5.56 Å². The summed E-state index contributed by atoms with van der Waals surface area (Å²) in [6.07, 6.45) is 1.68. The topological polar surface area (TPSA) is 80.3 Å². The van der Waals surface area contributed by atoms with E-state index in [4.69, 9.17) is 16.3 Å². The average molecular weight is 380 g/mol. The van der Waals surface area contributed by atoms with Crippen LogP contribution in [-0.2, 0) is 9.53 Å². The van der Waals surface area contributed by atoms with Gasteiger partial charge in [-0.2, -0.15) is 0 Å². The van der Waals surface area contributed by atoms with Crippen molar-refractivity contribution < 1.29 is 14.3 Å². The van der Waals surface area contributed by atoms with Crippen molar-refractivity contribution in [1.82, 2.24) is 10.3 Å². The molecule has 0 aliphatic heterocycles. The molecule has 8 heteroatoms. The number of ether oxygens (including phenoxy) is 1. The van der Waals surface area contributed by atoms with E-state index >= 15 is 0 Å². The van der Waals surface area contributed by atoms with E-state index in [2.05, 4.69) is 22.2 Å². The second-order valence-corrected chi connectivity index (χ2v) is 6.36. The first kappa shape index (κ1) is 19.0. The van der Waals surface area contributed by atoms with Gasteiger partial charge in [-0.05, 0) is 18.6 Å². The minimum Gasteiger partial charge on any atom is -0.451 e. The number of carbonyl (C=O) groups excluding carboxylic acids is 2. The van der Waals surface area contributed by atoms with Crippen molar-refractivity contribution in [2.75, 3.05) is 18.5 Å². The lowest BCUT2D eigenvalue weighted by atomic mass is 10.1. The Kier molecular flexibility index (Phi) is 6.97. The highest BCUT2D eigenvalue weighted by Crippen LogP contribution is 2.22. The maximum absolute atomic E-state index is 11.9. The number of aromatic nitrogens is 1. The number of hydrogen-bond donors (Lipinski definition) is 2. The van der Waals surface area contributed by atoms with Gasteiger partial charge in [-0.1, -0.05) is 35.9 Å². The van der Waals surface area contributed by atoms with Gasteiger partial charge in [-0.15, -0.1) is 17.9 Å². The average Bonchev–Trinajstić information content (AvgIpc) is 3.07. The van der Waals surface area contributed by atoms with E-state index in [9.17, 15) is 9.59 Å². The number of esters is 1. The van der Waals surface area contributed by atoms with Crippen LogP contribution in [-0.4, -0.2) is 30.0 Å². The number of anilines is 1. The SMILES string of the molecule is C=CCNc1nc(C(=O)OCC(=O)N[C@H](C)c2ccccc2Cl)cs1. The maximum atomic E-state index is 11.9. The fraction of sp³-hybridized carbons (Fsp3) is 0.235. The van der Waals surface area contributed by atoms with Gasteiger partial charge >= 0.3 is 5.97 Å². The zero-order chi connectivity index (χ0) is 18.2. The molecule has 0 bridgehead atoms. The van der Waals surface area contributed by atoms with Gasteiger partial charge in [-0.25, -0.2) is 9.78 Å². The van der Waals surface area contributed by atoms with Crippen molar-refractivity contribution in [1.29, 1.82) is 0 Å². The summed E-state index contributed by atoms with van der Waals surface area (Å²) in [6.45, 7) is 5.55. The molecule has 25 heavy (non-hydrogen) atoms. The molecule has 0 radical (unpaired) electrons. The smallest absolute Gasteiger partial charge is 0.358 e. The molecule has 2 aromatic rings. The number of thiazole rings is 1. The number of nitrogens with zero attached hydrogens (tertiary/aromatic N) is 1. The van der Waals surface area contributed by atoms with Crippen LogP contribution in [0.15, 0.2) is 42.3 Å². The second-order valence-electron chi connectivity index (χ2n) is 5.09. The Bertz CT molecular complexity index is 763. The number of carbonyl (C=O) groups is 2. The molecule has 2 N–H and O–H groups in total. The van der Waals surface area contributed by atoms with Gasteiger partial charge in [0.05, 0.1) is 6.04 Å². The third-order valence-corrected chi connectivity index (χ3v) is 4.34. The molecule has 6 nitrogen and oxygen atoms in total. The minimum absolute atomic E-state index is 0.156. The fourth-order valence-electron chi connectivity index (χ4n) is 2.00. The van der Waals surface area contributed by atoms with Crippen LogP contribution in [0, 0.1) is 0 Å². The Morgan fingerprint density at radius 1 is 1.44 bits per heavy atom. The summed E-state index contributed by atoms with van der Waals surface area (Å²) in [5.41, 5.74) is 0.949. The van der Waals surface area contributed by atoms with Gasteiger partial charge in [0.1, 0.15) is 0 Å². The van der Waals surface area contributed by atoms with Gasteiger partial charge < -0.3 is 15.4 Å². The Morgan fingerprint density at radius 2 is 2.20 bits per heavy atom. The molecule has 0 spiro atoms. The molecular weight excluding hydrogens is 362 g/mol. The molecule has 0 unspecified atom stereocenters. The molecule has 0 saturated carbocycles. The van der Waals surface area contributed by atoms with Crippen LogP contribution < -0.4 is 10.6 Å². The van der Waals surface area contributed by atoms with Crippen LogP contribution >= 0.6 is 22.9 Å². The van der Waals surface area contributed by atoms with Crippen LogP contribution in [0.2, 0.25) is 5.02 Å². The first-order chi connectivity index (χ1) is 12.0. The molecule has 0 aliphatic rings. The van der Waals surface area contributed by atoms with Crippen LogP contribution in [0.5, 0.6) is 0 Å². The quantitative estimate of drug-likeness (QED) is 0.542. The lowest BCUT2D eigenvalue weighted by Crippen LogP contribution is -2.31. The number of rotatable bonds is 8. The summed E-state index contributed by atoms with van der Waals surface area (Å²) >= 11 is 7.37. The standard InChI is InChI=1S/C17H18ClN3O3S/c1-3-8-19-17-21-14(10-25-17)16(23)24-9-15(22)20-11(2)12-6-4-5-7-13(12)18/h3-7,10-11H,1,8-9H2,2H3,(H,19,21)(H,20,22)/t11-/m1/s1. The molecule has 0 saturated heterocycles. The number of hydrogen-bond acceptors (Lipinski definition) is 6. The fourth-order valence-corrected chi connectivity index (χ4v) is 2.99. The first-order valence-corrected chi connectivity index (χ1v) is 8.78. The molecule has 1 aromatic heterocycles. The molecule has 1 atom stereocenters. The largest absolute Gasteiger partial charge is 0.451 e. The predicted molar refractivity (Wildman–Crippen MR) is 99.1 cm³/mol. The minimum atomic E-state index is -0.650. The zero-order valence-corrected chi connectivity index (χ0v) is 15.2. The number of halogens is 1. The van der Waals surface area contributed by atoms with Gasteiger partial charge in [0.25, 0.3) is 5.91 Å². The Hall–Kier alpha value is -2.38. The van der Waals surface area contributed by atoms with Crippen molar-refractivity contribution in [3.8, 4) is 0 Å². The summed E-state index contributed by atoms with van der Waals surface area (Å²) < 4.78 is 4.99. The first-order valence-electron chi connectivity index (χ1n) is 7.52. The Morgan fingerprint density at radius 3 is 2.92 bits per heavy atom. The van der Waals surface area contributed by atoms with E-state index in [-0.39, 0.29) is 18.3 Å². The Labute approximate surface area is 154 Å². The summed E-state index contributed by atoms with van der Waals surface area (Å²) in [5, 5.41) is 8.43. The molecular formula is C17H18ClN3O3S. The molecule has 0 fully saturated rings. The lowest BCUT2D eigenvalue weighted by Gasteiger charge is -2.15. The highest BCUT2D eigenvalue weighted by atomic mass is 35.5. The second kappa shape index (κ2) is 9.19. The molecule has 0 aliphatic carbocycles. The van der Waals surface area contributed by atoms with Gasteiger partial charge in [0.2, 0.25) is 0 Å². The van der Waals surface area contributed by atoms with Crippen LogP contribution in [0.25, 0.3) is 0 Å². The van der Waals surface area contributed by atoms with Crippen LogP contribution in [0.3, 0.4) is 0 Å². The normalized spacial score (nSPS) is 11.4. The van der Waals surface area contributed by atoms with E-state index in [1.807, 2.05) is 18.2 Å². The van der Waals surface area contributed by atoms with Crippen molar-refractivity contribution >= 4 is 39.9 Å². The summed E-state index contributed by atoms with van der Waals surface area (Å²) in [5.74, 6) is -1.07. The van der Waals surface area contributed by atoms with E-state index in [1.54, 1.807) is 24.4 Å². The van der Waals surface area contributed by atoms with E-state index < -0.39 is 11.9 Å². The molecule has 1 heterocycles. The highest BCUT2D eigenvalue weighted by Gasteiger charge is 2.16. The Balaban J connectivity index is 1.83. The molecule has 1 amide bonds. The van der Waals surface area contributed by atoms with Crippen LogP contribution in [0.4, 0.5) is 5.13 Å². The predicted octanol–water partition coefficient (Wildman–Crippen LogP) is 3.43. The zero-order valence-electron chi connectivity index (χ0n) is 13.6. The van der Waals surface area contributed by atoms with E-state index in [1.165, 1.54) is 11.3 Å². The summed E-state index contributed by atoms with van der Waals surface area (Å²) in [6, 6.07) is 6.93. The van der Waals surface area contributed by atoms with Gasteiger partial charge in [-0.3, -0.25) is 4.79 Å². The monoisotopic (exact) mass is 379 g/mol. The lowest BCUT2D eigenvalue weighted by molar-refractivity contribution is -0.124. The third-order valence-electron chi connectivity index (χ3n) is 3.19. The van der Waals surface area contributed by atoms with Crippen LogP contribution in [0.1, 0.15) is 29.0 Å². The van der Waals surface area contributed by atoms with Crippen molar-refractivity contribution in [3.05, 3.63) is 58.6 Å². The van der Waals surface area contributed by atoms with Gasteiger partial charge in [0, 0.05) is 16.9 Å². The molecule has 2 rings (SSSR count). The number of benzene rings is 1. The number of nitrogens with one attached hydrogen (secondary N) is 2. The molecule has 1 aromatic carbocycles. The summed E-state index contributed by atoms with van der Waals surface area (Å²) in [7, 11) is 0. The third kappa shape index (κ3) is 5.58. The van der Waals surface area contributed by atoms with Gasteiger partial charge in [0.15, 0.2) is 17.4 Å². The van der Waals surface area contributed by atoms with Crippen molar-refractivity contribution in [2.24, 2.45) is 0 Å². The highest BCUT2D eigenvalue weighted by molar-refractivity contribution is 7.13. The maximum Gasteiger partial charge on any atom is 0.358 e. The van der Waals surface area contributed by atoms with Crippen molar-refractivity contribution in [2.45, 2.75) is 13.0 Å². The van der Waals surface area contributed by atoms with Crippen molar-refractivity contribution in [3.63, 3.8) is 0 Å².